The number of hydrogen-bond acceptors (Lipinski definition) is 1. The summed E-state index contributed by atoms with van der Waals surface area (Å²) in [5.41, 5.74) is 1.11. The van der Waals surface area contributed by atoms with Crippen molar-refractivity contribution in [3.63, 3.8) is 0 Å². The third kappa shape index (κ3) is 3.46. The minimum absolute atomic E-state index is 0.226. The number of rotatable bonds is 6. The molecule has 0 aromatic heterocycles. The fraction of sp³-hybridized carbons (Fsp3) is 0.600. The Bertz CT molecular complexity index is 390. The molecule has 1 nitrogen and oxygen atoms in total. The van der Waals surface area contributed by atoms with Crippen molar-refractivity contribution >= 4 is 11.6 Å². The fourth-order valence-corrected chi connectivity index (χ4v) is 2.64. The smallest absolute Gasteiger partial charge is 0.141 e. The average Bonchev–Trinajstić information content (AvgIpc) is 2.31. The molecule has 1 atom stereocenters. The molecule has 18 heavy (non-hydrogen) atoms. The Balaban J connectivity index is 2.07. The molecule has 1 aromatic rings. The van der Waals surface area contributed by atoms with Crippen LogP contribution in [0.25, 0.3) is 0 Å². The van der Waals surface area contributed by atoms with Crippen molar-refractivity contribution in [2.45, 2.75) is 45.1 Å². The number of hydrogen-bond donors (Lipinski definition) is 1. The zero-order valence-corrected chi connectivity index (χ0v) is 11.6. The summed E-state index contributed by atoms with van der Waals surface area (Å²) in [6, 6.07) is 5.41. The number of halogens is 2. The highest BCUT2D eigenvalue weighted by Gasteiger charge is 2.23. The molecular weight excluding hydrogens is 249 g/mol. The monoisotopic (exact) mass is 269 g/mol. The van der Waals surface area contributed by atoms with E-state index in [1.165, 1.54) is 25.3 Å². The summed E-state index contributed by atoms with van der Waals surface area (Å²) in [4.78, 5) is 0. The topological polar surface area (TPSA) is 12.0 Å². The van der Waals surface area contributed by atoms with Crippen LogP contribution in [0.1, 0.15) is 50.6 Å². The lowest BCUT2D eigenvalue weighted by Crippen LogP contribution is -2.26. The van der Waals surface area contributed by atoms with Gasteiger partial charge in [0.25, 0.3) is 0 Å². The van der Waals surface area contributed by atoms with Crippen LogP contribution in [-0.2, 0) is 0 Å². The van der Waals surface area contributed by atoms with Gasteiger partial charge in [-0.25, -0.2) is 4.39 Å². The molecule has 1 saturated carbocycles. The Morgan fingerprint density at radius 3 is 2.78 bits per heavy atom. The minimum Gasteiger partial charge on any atom is -0.310 e. The van der Waals surface area contributed by atoms with Crippen LogP contribution in [-0.4, -0.2) is 6.54 Å². The Morgan fingerprint density at radius 2 is 2.22 bits per heavy atom. The summed E-state index contributed by atoms with van der Waals surface area (Å²) in [6.07, 6.45) is 6.27. The van der Waals surface area contributed by atoms with Gasteiger partial charge in [0.05, 0.1) is 5.02 Å². The van der Waals surface area contributed by atoms with Crippen molar-refractivity contribution < 1.29 is 4.39 Å². The summed E-state index contributed by atoms with van der Waals surface area (Å²) in [6.45, 7) is 3.15. The van der Waals surface area contributed by atoms with E-state index < -0.39 is 0 Å². The Kier molecular flexibility index (Phi) is 5.02. The number of nitrogens with one attached hydrogen (secondary N) is 1. The quantitative estimate of drug-likeness (QED) is 0.789. The average molecular weight is 270 g/mol. The van der Waals surface area contributed by atoms with E-state index in [2.05, 4.69) is 12.2 Å². The normalized spacial score (nSPS) is 17.5. The first kappa shape index (κ1) is 13.8. The lowest BCUT2D eigenvalue weighted by Gasteiger charge is -2.30. The summed E-state index contributed by atoms with van der Waals surface area (Å²) >= 11 is 5.87. The molecule has 0 saturated heterocycles. The predicted octanol–water partition coefficient (Wildman–Crippen LogP) is 4.71. The second-order valence-electron chi connectivity index (χ2n) is 5.21. The van der Waals surface area contributed by atoms with E-state index in [4.69, 9.17) is 11.6 Å². The highest BCUT2D eigenvalue weighted by Crippen LogP contribution is 2.35. The molecule has 1 fully saturated rings. The first-order valence-electron chi connectivity index (χ1n) is 6.89. The van der Waals surface area contributed by atoms with Crippen molar-refractivity contribution in [2.24, 2.45) is 5.92 Å². The second-order valence-corrected chi connectivity index (χ2v) is 5.62. The molecule has 0 radical (unpaired) electrons. The van der Waals surface area contributed by atoms with Gasteiger partial charge in [-0.3, -0.25) is 0 Å². The van der Waals surface area contributed by atoms with Crippen LogP contribution in [0.3, 0.4) is 0 Å². The second kappa shape index (κ2) is 6.53. The van der Waals surface area contributed by atoms with Gasteiger partial charge in [-0.05, 0) is 43.0 Å². The molecule has 0 spiro atoms. The van der Waals surface area contributed by atoms with Gasteiger partial charge in [0.2, 0.25) is 0 Å². The van der Waals surface area contributed by atoms with Crippen LogP contribution in [0, 0.1) is 11.7 Å². The first-order valence-corrected chi connectivity index (χ1v) is 7.26. The van der Waals surface area contributed by atoms with Crippen molar-refractivity contribution in [3.05, 3.63) is 34.6 Å². The molecule has 1 aliphatic rings. The molecule has 0 aliphatic heterocycles. The van der Waals surface area contributed by atoms with Gasteiger partial charge in [0, 0.05) is 6.04 Å². The lowest BCUT2D eigenvalue weighted by atomic mass is 9.79. The molecule has 0 amide bonds. The van der Waals surface area contributed by atoms with E-state index in [1.807, 2.05) is 6.07 Å². The van der Waals surface area contributed by atoms with Crippen LogP contribution in [0.2, 0.25) is 5.02 Å². The third-order valence-electron chi connectivity index (χ3n) is 3.78. The zero-order chi connectivity index (χ0) is 13.0. The molecule has 3 heteroatoms. The summed E-state index contributed by atoms with van der Waals surface area (Å²) in [5.74, 6) is 0.487. The zero-order valence-electron chi connectivity index (χ0n) is 10.9. The van der Waals surface area contributed by atoms with E-state index in [-0.39, 0.29) is 10.8 Å². The predicted molar refractivity (Wildman–Crippen MR) is 74.4 cm³/mol. The third-order valence-corrected chi connectivity index (χ3v) is 4.07. The SMILES string of the molecule is CCCNC(CC1CCC1)c1ccc(F)c(Cl)c1. The molecular formula is C15H21ClFN. The molecule has 0 heterocycles. The van der Waals surface area contributed by atoms with Crippen LogP contribution in [0.15, 0.2) is 18.2 Å². The van der Waals surface area contributed by atoms with E-state index in [1.54, 1.807) is 6.07 Å². The van der Waals surface area contributed by atoms with Gasteiger partial charge in [-0.15, -0.1) is 0 Å². The first-order chi connectivity index (χ1) is 8.70. The maximum Gasteiger partial charge on any atom is 0.141 e. The van der Waals surface area contributed by atoms with E-state index in [0.29, 0.717) is 6.04 Å². The molecule has 0 bridgehead atoms. The maximum atomic E-state index is 13.2. The van der Waals surface area contributed by atoms with Gasteiger partial charge in [0.1, 0.15) is 5.82 Å². The Morgan fingerprint density at radius 1 is 1.44 bits per heavy atom. The molecule has 1 unspecified atom stereocenters. The van der Waals surface area contributed by atoms with Crippen LogP contribution in [0.4, 0.5) is 4.39 Å². The lowest BCUT2D eigenvalue weighted by molar-refractivity contribution is 0.261. The summed E-state index contributed by atoms with van der Waals surface area (Å²) in [5, 5.41) is 3.78. The maximum absolute atomic E-state index is 13.2. The highest BCUT2D eigenvalue weighted by atomic mass is 35.5. The van der Waals surface area contributed by atoms with Crippen molar-refractivity contribution in [3.8, 4) is 0 Å². The molecule has 100 valence electrons. The van der Waals surface area contributed by atoms with E-state index in [9.17, 15) is 4.39 Å². The standard InChI is InChI=1S/C15H21ClFN/c1-2-8-18-15(9-11-4-3-5-11)12-6-7-14(17)13(16)10-12/h6-7,10-11,15,18H,2-5,8-9H2,1H3. The minimum atomic E-state index is -0.335. The largest absolute Gasteiger partial charge is 0.310 e. The van der Waals surface area contributed by atoms with Gasteiger partial charge < -0.3 is 5.32 Å². The van der Waals surface area contributed by atoms with Gasteiger partial charge in [-0.1, -0.05) is 43.9 Å². The summed E-state index contributed by atoms with van der Waals surface area (Å²) in [7, 11) is 0. The Hall–Kier alpha value is -0.600. The van der Waals surface area contributed by atoms with Crippen LogP contribution >= 0.6 is 11.6 Å². The van der Waals surface area contributed by atoms with Crippen molar-refractivity contribution in [2.75, 3.05) is 6.54 Å². The molecule has 1 aromatic carbocycles. The molecule has 1 aliphatic carbocycles. The van der Waals surface area contributed by atoms with Gasteiger partial charge in [-0.2, -0.15) is 0 Å². The summed E-state index contributed by atoms with van der Waals surface area (Å²) < 4.78 is 13.2. The van der Waals surface area contributed by atoms with E-state index in [0.717, 1.165) is 30.9 Å². The van der Waals surface area contributed by atoms with Gasteiger partial charge >= 0.3 is 0 Å². The number of benzene rings is 1. The van der Waals surface area contributed by atoms with Crippen molar-refractivity contribution in [1.82, 2.24) is 5.32 Å². The van der Waals surface area contributed by atoms with Gasteiger partial charge in [0.15, 0.2) is 0 Å². The highest BCUT2D eigenvalue weighted by molar-refractivity contribution is 6.30. The Labute approximate surface area is 114 Å². The van der Waals surface area contributed by atoms with Crippen molar-refractivity contribution in [1.29, 1.82) is 0 Å². The van der Waals surface area contributed by atoms with Crippen LogP contribution in [0.5, 0.6) is 0 Å². The fourth-order valence-electron chi connectivity index (χ4n) is 2.45. The molecule has 1 N–H and O–H groups in total. The molecule has 2 rings (SSSR count). The van der Waals surface area contributed by atoms with Crippen LogP contribution < -0.4 is 5.32 Å². The van der Waals surface area contributed by atoms with E-state index >= 15 is 0 Å².